The van der Waals surface area contributed by atoms with E-state index < -0.39 is 27.3 Å². The molecule has 3 aromatic rings. The number of aromatic amines is 1. The fourth-order valence-electron chi connectivity index (χ4n) is 2.49. The Hall–Kier alpha value is -3.06. The normalized spacial score (nSPS) is 12.2. The van der Waals surface area contributed by atoms with E-state index in [0.29, 0.717) is 5.75 Å². The Morgan fingerprint density at radius 2 is 1.93 bits per heavy atom. The van der Waals surface area contributed by atoms with Crippen LogP contribution in [0.1, 0.15) is 5.69 Å². The number of halogens is 3. The Bertz CT molecular complexity index is 1130. The van der Waals surface area contributed by atoms with Gasteiger partial charge in [-0.25, -0.2) is 18.1 Å². The zero-order chi connectivity index (χ0) is 21.2. The summed E-state index contributed by atoms with van der Waals surface area (Å²) in [5.74, 6) is 0.118. The van der Waals surface area contributed by atoms with Gasteiger partial charge in [0.1, 0.15) is 11.4 Å². The van der Waals surface area contributed by atoms with Crippen molar-refractivity contribution in [2.75, 3.05) is 14.2 Å². The monoisotopic (exact) mass is 432 g/mol. The molecule has 156 valence electrons. The van der Waals surface area contributed by atoms with E-state index in [4.69, 9.17) is 9.47 Å². The number of ether oxygens (including phenoxy) is 3. The number of methoxy groups -OCH3 is 2. The van der Waals surface area contributed by atoms with E-state index in [0.717, 1.165) is 12.1 Å². The zero-order valence-electron chi connectivity index (χ0n) is 15.1. The topological polar surface area (TPSA) is 115 Å². The maximum Gasteiger partial charge on any atom is 0.573 e. The van der Waals surface area contributed by atoms with Crippen molar-refractivity contribution in [3.8, 4) is 17.2 Å². The van der Waals surface area contributed by atoms with Crippen LogP contribution < -0.4 is 18.9 Å². The van der Waals surface area contributed by atoms with Crippen LogP contribution in [0.5, 0.6) is 17.2 Å². The fourth-order valence-corrected chi connectivity index (χ4v) is 3.42. The third-order valence-electron chi connectivity index (χ3n) is 3.72. The van der Waals surface area contributed by atoms with Gasteiger partial charge in [-0.15, -0.1) is 13.2 Å². The Morgan fingerprint density at radius 3 is 2.59 bits per heavy atom. The van der Waals surface area contributed by atoms with Crippen molar-refractivity contribution in [2.45, 2.75) is 18.1 Å². The van der Waals surface area contributed by atoms with Crippen LogP contribution in [0.25, 0.3) is 11.0 Å². The van der Waals surface area contributed by atoms with Gasteiger partial charge < -0.3 is 19.2 Å². The molecule has 0 amide bonds. The number of hydrogen-bond donors (Lipinski definition) is 2. The predicted octanol–water partition coefficient (Wildman–Crippen LogP) is 2.35. The van der Waals surface area contributed by atoms with Crippen molar-refractivity contribution in [1.29, 1.82) is 0 Å². The molecule has 29 heavy (non-hydrogen) atoms. The highest BCUT2D eigenvalue weighted by Crippen LogP contribution is 2.29. The fraction of sp³-hybridized carbons (Fsp3) is 0.250. The quantitative estimate of drug-likeness (QED) is 0.589. The molecule has 0 atom stereocenters. The molecule has 9 nitrogen and oxygen atoms in total. The van der Waals surface area contributed by atoms with Gasteiger partial charge in [-0.2, -0.15) is 0 Å². The van der Waals surface area contributed by atoms with E-state index >= 15 is 0 Å². The van der Waals surface area contributed by atoms with Gasteiger partial charge in [-0.05, 0) is 12.1 Å². The summed E-state index contributed by atoms with van der Waals surface area (Å²) >= 11 is 0. The zero-order valence-corrected chi connectivity index (χ0v) is 15.9. The lowest BCUT2D eigenvalue weighted by molar-refractivity contribution is -0.274. The van der Waals surface area contributed by atoms with Gasteiger partial charge in [0.15, 0.2) is 11.5 Å². The van der Waals surface area contributed by atoms with Gasteiger partial charge >= 0.3 is 6.36 Å². The number of alkyl halides is 3. The summed E-state index contributed by atoms with van der Waals surface area (Å²) in [6, 6.07) is 4.81. The van der Waals surface area contributed by atoms with E-state index in [1.54, 1.807) is 6.07 Å². The highest BCUT2D eigenvalue weighted by atomic mass is 32.2. The Labute approximate surface area is 162 Å². The molecule has 0 aliphatic rings. The first-order valence-electron chi connectivity index (χ1n) is 7.94. The molecule has 2 aromatic heterocycles. The predicted molar refractivity (Wildman–Crippen MR) is 94.1 cm³/mol. The third kappa shape index (κ3) is 4.68. The molecule has 13 heteroatoms. The van der Waals surface area contributed by atoms with Crippen molar-refractivity contribution in [3.05, 3.63) is 36.2 Å². The minimum Gasteiger partial charge on any atom is -0.493 e. The number of benzene rings is 1. The molecule has 0 aliphatic heterocycles. The minimum atomic E-state index is -4.87. The summed E-state index contributed by atoms with van der Waals surface area (Å²) in [6.07, 6.45) is -3.45. The molecule has 0 radical (unpaired) electrons. The van der Waals surface area contributed by atoms with Crippen molar-refractivity contribution in [3.63, 3.8) is 0 Å². The molecule has 0 fully saturated rings. The summed E-state index contributed by atoms with van der Waals surface area (Å²) in [7, 11) is -1.32. The molecule has 2 heterocycles. The molecule has 0 saturated carbocycles. The summed E-state index contributed by atoms with van der Waals surface area (Å²) in [5.41, 5.74) is 0.480. The average molecular weight is 432 g/mol. The Morgan fingerprint density at radius 1 is 1.17 bits per heavy atom. The first-order chi connectivity index (χ1) is 13.6. The Balaban J connectivity index is 1.83. The van der Waals surface area contributed by atoms with E-state index in [1.165, 1.54) is 26.5 Å². The van der Waals surface area contributed by atoms with Crippen LogP contribution in [0, 0.1) is 0 Å². The molecule has 1 aromatic carbocycles. The van der Waals surface area contributed by atoms with E-state index in [-0.39, 0.29) is 29.0 Å². The second-order valence-corrected chi connectivity index (χ2v) is 7.27. The number of fused-ring (bicyclic) bond motifs is 1. The van der Waals surface area contributed by atoms with Gasteiger partial charge in [0.25, 0.3) is 10.0 Å². The van der Waals surface area contributed by atoms with Crippen LogP contribution in [-0.4, -0.2) is 44.0 Å². The molecule has 3 rings (SSSR count). The number of sulfonamides is 1. The number of nitrogens with one attached hydrogen (secondary N) is 2. The van der Waals surface area contributed by atoms with Gasteiger partial charge in [0.05, 0.1) is 31.8 Å². The first kappa shape index (κ1) is 20.7. The summed E-state index contributed by atoms with van der Waals surface area (Å²) in [5, 5.41) is -0.474. The van der Waals surface area contributed by atoms with E-state index in [2.05, 4.69) is 24.4 Å². The second-order valence-electron chi connectivity index (χ2n) is 5.59. The molecule has 0 unspecified atom stereocenters. The van der Waals surface area contributed by atoms with E-state index in [1.807, 2.05) is 0 Å². The molecule has 0 bridgehead atoms. The van der Waals surface area contributed by atoms with Crippen LogP contribution in [0.3, 0.4) is 0 Å². The van der Waals surface area contributed by atoms with Gasteiger partial charge in [0.2, 0.25) is 5.16 Å². The number of pyridine rings is 1. The number of imidazole rings is 1. The number of hydrogen-bond acceptors (Lipinski definition) is 7. The number of rotatable bonds is 7. The Kier molecular flexibility index (Phi) is 5.53. The third-order valence-corrected chi connectivity index (χ3v) is 4.94. The van der Waals surface area contributed by atoms with Crippen LogP contribution in [0.4, 0.5) is 13.2 Å². The minimum absolute atomic E-state index is 0.00999. The molecule has 0 saturated heterocycles. The molecular weight excluding hydrogens is 417 g/mol. The molecule has 0 spiro atoms. The van der Waals surface area contributed by atoms with Gasteiger partial charge in [-0.1, -0.05) is 0 Å². The molecule has 0 aliphatic carbocycles. The summed E-state index contributed by atoms with van der Waals surface area (Å²) in [4.78, 5) is 10.4. The maximum atomic E-state index is 12.5. The van der Waals surface area contributed by atoms with Crippen LogP contribution in [-0.2, 0) is 16.6 Å². The highest BCUT2D eigenvalue weighted by Gasteiger charge is 2.31. The van der Waals surface area contributed by atoms with Crippen LogP contribution in [0.15, 0.2) is 35.6 Å². The smallest absolute Gasteiger partial charge is 0.493 e. The lowest BCUT2D eigenvalue weighted by Crippen LogP contribution is -2.25. The van der Waals surface area contributed by atoms with Crippen LogP contribution >= 0.6 is 0 Å². The standard InChI is InChI=1S/C16H15F3N4O5S/c1-26-13-5-6-20-12(14(13)27-2)8-21-29(24,25)15-22-10-4-3-9(7-11(10)23-15)28-16(17,18)19/h3-7,21H,8H2,1-2H3,(H,22,23). The second kappa shape index (κ2) is 7.75. The van der Waals surface area contributed by atoms with Gasteiger partial charge in [0, 0.05) is 18.3 Å². The average Bonchev–Trinajstić information content (AvgIpc) is 3.09. The van der Waals surface area contributed by atoms with Crippen molar-refractivity contribution >= 4 is 21.1 Å². The van der Waals surface area contributed by atoms with Crippen molar-refractivity contribution in [2.24, 2.45) is 0 Å². The number of H-pyrrole nitrogens is 1. The largest absolute Gasteiger partial charge is 0.573 e. The van der Waals surface area contributed by atoms with Crippen molar-refractivity contribution < 1.29 is 35.8 Å². The summed E-state index contributed by atoms with van der Waals surface area (Å²) < 4.78 is 78.5. The van der Waals surface area contributed by atoms with Gasteiger partial charge in [-0.3, -0.25) is 4.98 Å². The maximum absolute atomic E-state index is 12.5. The number of nitrogens with zero attached hydrogens (tertiary/aromatic N) is 2. The molecule has 2 N–H and O–H groups in total. The molecular formula is C16H15F3N4O5S. The highest BCUT2D eigenvalue weighted by molar-refractivity contribution is 7.89. The van der Waals surface area contributed by atoms with Crippen molar-refractivity contribution in [1.82, 2.24) is 19.7 Å². The lowest BCUT2D eigenvalue weighted by Gasteiger charge is -2.11. The van der Waals surface area contributed by atoms with E-state index in [9.17, 15) is 21.6 Å². The lowest BCUT2D eigenvalue weighted by atomic mass is 10.3. The van der Waals surface area contributed by atoms with Crippen LogP contribution in [0.2, 0.25) is 0 Å². The summed E-state index contributed by atoms with van der Waals surface area (Å²) in [6.45, 7) is -0.234. The first-order valence-corrected chi connectivity index (χ1v) is 9.42. The SMILES string of the molecule is COc1ccnc(CNS(=O)(=O)c2nc3cc(OC(F)(F)F)ccc3[nH]2)c1OC. The number of aromatic nitrogens is 3.